The van der Waals surface area contributed by atoms with E-state index in [1.807, 2.05) is 28.8 Å². The van der Waals surface area contributed by atoms with Crippen LogP contribution in [0.2, 0.25) is 5.02 Å². The van der Waals surface area contributed by atoms with Crippen molar-refractivity contribution in [3.05, 3.63) is 57.3 Å². The Morgan fingerprint density at radius 2 is 2.10 bits per heavy atom. The van der Waals surface area contributed by atoms with Crippen LogP contribution in [-0.4, -0.2) is 9.55 Å². The van der Waals surface area contributed by atoms with Crippen LogP contribution in [0.25, 0.3) is 16.7 Å². The molecule has 104 valence electrons. The van der Waals surface area contributed by atoms with Crippen molar-refractivity contribution in [2.45, 2.75) is 5.88 Å². The molecule has 0 bridgehead atoms. The normalized spacial score (nSPS) is 10.8. The Balaban J connectivity index is 2.36. The number of nitriles is 1. The van der Waals surface area contributed by atoms with E-state index in [-0.39, 0.29) is 5.88 Å². The lowest BCUT2D eigenvalue weighted by atomic mass is 10.2. The Morgan fingerprint density at radius 3 is 2.76 bits per heavy atom. The van der Waals surface area contributed by atoms with Crippen LogP contribution in [0.4, 0.5) is 0 Å². The molecule has 3 rings (SSSR count). The minimum absolute atomic E-state index is 0.261. The molecular formula is C15H8BrCl2N3. The topological polar surface area (TPSA) is 41.6 Å². The van der Waals surface area contributed by atoms with Crippen molar-refractivity contribution in [3.8, 4) is 11.8 Å². The molecule has 0 saturated carbocycles. The number of fused-ring (bicyclic) bond motifs is 1. The first kappa shape index (κ1) is 14.4. The molecule has 0 aliphatic carbocycles. The molecule has 0 N–H and O–H groups in total. The summed E-state index contributed by atoms with van der Waals surface area (Å²) in [6.07, 6.45) is 0. The van der Waals surface area contributed by atoms with Crippen LogP contribution in [0.3, 0.4) is 0 Å². The zero-order valence-electron chi connectivity index (χ0n) is 10.6. The van der Waals surface area contributed by atoms with Gasteiger partial charge in [-0.2, -0.15) is 5.26 Å². The lowest BCUT2D eigenvalue weighted by Crippen LogP contribution is -2.01. The van der Waals surface area contributed by atoms with Gasteiger partial charge in [-0.05, 0) is 46.3 Å². The summed E-state index contributed by atoms with van der Waals surface area (Å²) in [5.74, 6) is 0.961. The molecule has 0 unspecified atom stereocenters. The van der Waals surface area contributed by atoms with Crippen LogP contribution in [0.1, 0.15) is 11.4 Å². The first-order valence-electron chi connectivity index (χ1n) is 6.07. The van der Waals surface area contributed by atoms with Crippen LogP contribution in [0.15, 0.2) is 40.9 Å². The summed E-state index contributed by atoms with van der Waals surface area (Å²) in [7, 11) is 0. The van der Waals surface area contributed by atoms with Crippen molar-refractivity contribution < 1.29 is 0 Å². The van der Waals surface area contributed by atoms with Crippen LogP contribution >= 0.6 is 39.1 Å². The second kappa shape index (κ2) is 5.69. The molecule has 21 heavy (non-hydrogen) atoms. The predicted octanol–water partition coefficient (Wildman–Crippen LogP) is 5.05. The van der Waals surface area contributed by atoms with E-state index in [0.717, 1.165) is 21.2 Å². The molecule has 0 saturated heterocycles. The largest absolute Gasteiger partial charge is 0.293 e. The summed E-state index contributed by atoms with van der Waals surface area (Å²) in [5, 5.41) is 9.57. The predicted molar refractivity (Wildman–Crippen MR) is 88.1 cm³/mol. The Labute approximate surface area is 139 Å². The van der Waals surface area contributed by atoms with E-state index in [9.17, 15) is 0 Å². The van der Waals surface area contributed by atoms with Gasteiger partial charge in [-0.25, -0.2) is 4.98 Å². The Hall–Kier alpha value is -1.54. The number of rotatable bonds is 2. The maximum Gasteiger partial charge on any atom is 0.129 e. The molecular weight excluding hydrogens is 373 g/mol. The van der Waals surface area contributed by atoms with E-state index in [4.69, 9.17) is 28.5 Å². The minimum atomic E-state index is 0.261. The van der Waals surface area contributed by atoms with E-state index in [0.29, 0.717) is 16.4 Å². The van der Waals surface area contributed by atoms with E-state index >= 15 is 0 Å². The fourth-order valence-corrected chi connectivity index (χ4v) is 3.23. The highest BCUT2D eigenvalue weighted by Gasteiger charge is 2.16. The first-order valence-corrected chi connectivity index (χ1v) is 7.78. The van der Waals surface area contributed by atoms with Crippen molar-refractivity contribution in [2.75, 3.05) is 0 Å². The van der Waals surface area contributed by atoms with Gasteiger partial charge in [0.2, 0.25) is 0 Å². The average molecular weight is 381 g/mol. The maximum absolute atomic E-state index is 8.97. The fourth-order valence-electron chi connectivity index (χ4n) is 2.24. The Bertz CT molecular complexity index is 880. The third-order valence-corrected chi connectivity index (χ3v) is 4.31. The van der Waals surface area contributed by atoms with Gasteiger partial charge in [-0.15, -0.1) is 11.6 Å². The van der Waals surface area contributed by atoms with Gasteiger partial charge in [0.1, 0.15) is 5.82 Å². The zero-order chi connectivity index (χ0) is 15.0. The molecule has 0 fully saturated rings. The number of halogens is 3. The second-order valence-corrected chi connectivity index (χ2v) is 5.91. The smallest absolute Gasteiger partial charge is 0.129 e. The van der Waals surface area contributed by atoms with E-state index in [1.165, 1.54) is 0 Å². The van der Waals surface area contributed by atoms with Gasteiger partial charge in [-0.1, -0.05) is 17.7 Å². The summed E-state index contributed by atoms with van der Waals surface area (Å²) < 4.78 is 2.70. The summed E-state index contributed by atoms with van der Waals surface area (Å²) in [5.41, 5.74) is 3.02. The molecule has 0 spiro atoms. The minimum Gasteiger partial charge on any atom is -0.293 e. The lowest BCUT2D eigenvalue weighted by Gasteiger charge is -2.11. The summed E-state index contributed by atoms with van der Waals surface area (Å²) >= 11 is 15.8. The molecule has 0 radical (unpaired) electrons. The Kier molecular flexibility index (Phi) is 3.90. The molecule has 3 nitrogen and oxygen atoms in total. The van der Waals surface area contributed by atoms with Gasteiger partial charge in [0.05, 0.1) is 39.3 Å². The molecule has 2 aromatic carbocycles. The first-order chi connectivity index (χ1) is 10.2. The Morgan fingerprint density at radius 1 is 1.29 bits per heavy atom. The van der Waals surface area contributed by atoms with Crippen molar-refractivity contribution in [2.24, 2.45) is 0 Å². The van der Waals surface area contributed by atoms with Crippen molar-refractivity contribution in [1.82, 2.24) is 9.55 Å². The third-order valence-electron chi connectivity index (χ3n) is 3.13. The van der Waals surface area contributed by atoms with Crippen LogP contribution in [-0.2, 0) is 5.88 Å². The fraction of sp³-hybridized carbons (Fsp3) is 0.0667. The standard InChI is InChI=1S/C15H8BrCl2N3/c16-10-6-9(8-19)4-5-13(10)21-14(7-17)20-12-3-1-2-11(18)15(12)21/h1-6H,7H2. The molecule has 3 aromatic rings. The molecule has 0 amide bonds. The molecule has 6 heteroatoms. The number of hydrogen-bond acceptors (Lipinski definition) is 2. The van der Waals surface area contributed by atoms with Gasteiger partial charge in [0, 0.05) is 4.47 Å². The zero-order valence-corrected chi connectivity index (χ0v) is 13.7. The molecule has 1 aromatic heterocycles. The van der Waals surface area contributed by atoms with Crippen LogP contribution < -0.4 is 0 Å². The van der Waals surface area contributed by atoms with Crippen molar-refractivity contribution in [1.29, 1.82) is 5.26 Å². The monoisotopic (exact) mass is 379 g/mol. The van der Waals surface area contributed by atoms with E-state index in [2.05, 4.69) is 27.0 Å². The van der Waals surface area contributed by atoms with Gasteiger partial charge in [-0.3, -0.25) is 4.57 Å². The van der Waals surface area contributed by atoms with Crippen LogP contribution in [0.5, 0.6) is 0 Å². The highest BCUT2D eigenvalue weighted by molar-refractivity contribution is 9.10. The summed E-state index contributed by atoms with van der Waals surface area (Å²) in [6, 6.07) is 13.0. The van der Waals surface area contributed by atoms with Gasteiger partial charge < -0.3 is 0 Å². The molecule has 0 aliphatic rings. The summed E-state index contributed by atoms with van der Waals surface area (Å²) in [4.78, 5) is 4.51. The quantitative estimate of drug-likeness (QED) is 0.583. The van der Waals surface area contributed by atoms with Gasteiger partial charge in [0.25, 0.3) is 0 Å². The lowest BCUT2D eigenvalue weighted by molar-refractivity contribution is 0.977. The number of imidazole rings is 1. The highest BCUT2D eigenvalue weighted by Crippen LogP contribution is 2.32. The average Bonchev–Trinajstić information content (AvgIpc) is 2.87. The summed E-state index contributed by atoms with van der Waals surface area (Å²) in [6.45, 7) is 0. The van der Waals surface area contributed by atoms with Gasteiger partial charge in [0.15, 0.2) is 0 Å². The SMILES string of the molecule is N#Cc1ccc(-n2c(CCl)nc3cccc(Cl)c32)c(Br)c1. The molecule has 1 heterocycles. The van der Waals surface area contributed by atoms with E-state index < -0.39 is 0 Å². The number of benzene rings is 2. The van der Waals surface area contributed by atoms with E-state index in [1.54, 1.807) is 12.1 Å². The number of hydrogen-bond donors (Lipinski definition) is 0. The number of para-hydroxylation sites is 1. The number of aromatic nitrogens is 2. The van der Waals surface area contributed by atoms with Crippen LogP contribution in [0, 0.1) is 11.3 Å². The van der Waals surface area contributed by atoms with Crippen molar-refractivity contribution >= 4 is 50.2 Å². The maximum atomic E-state index is 8.97. The third kappa shape index (κ3) is 2.42. The van der Waals surface area contributed by atoms with Crippen molar-refractivity contribution in [3.63, 3.8) is 0 Å². The molecule has 0 aliphatic heterocycles. The van der Waals surface area contributed by atoms with Gasteiger partial charge >= 0.3 is 0 Å². The number of alkyl halides is 1. The number of nitrogens with zero attached hydrogens (tertiary/aromatic N) is 3. The molecule has 0 atom stereocenters. The highest BCUT2D eigenvalue weighted by atomic mass is 79.9. The second-order valence-electron chi connectivity index (χ2n) is 4.38.